The topological polar surface area (TPSA) is 69.7 Å². The first-order chi connectivity index (χ1) is 13.4. The van der Waals surface area contributed by atoms with E-state index in [2.05, 4.69) is 19.2 Å². The van der Waals surface area contributed by atoms with Crippen molar-refractivity contribution in [2.24, 2.45) is 0 Å². The maximum Gasteiger partial charge on any atom is 0.325 e. The van der Waals surface area contributed by atoms with Crippen LogP contribution in [0, 0.1) is 5.82 Å². The van der Waals surface area contributed by atoms with Crippen molar-refractivity contribution in [3.63, 3.8) is 0 Å². The normalized spacial score (nSPS) is 19.1. The molecule has 0 radical (unpaired) electrons. The molecule has 0 bridgehead atoms. The highest BCUT2D eigenvalue weighted by molar-refractivity contribution is 6.09. The molecule has 0 aromatic heterocycles. The number of hydrogen-bond acceptors (Lipinski definition) is 3. The van der Waals surface area contributed by atoms with Crippen LogP contribution in [-0.4, -0.2) is 47.3 Å². The zero-order chi connectivity index (χ0) is 20.7. The maximum atomic E-state index is 13.3. The number of nitrogens with zero attached hydrogens (tertiary/aromatic N) is 2. The van der Waals surface area contributed by atoms with Gasteiger partial charge in [-0.2, -0.15) is 0 Å². The average Bonchev–Trinajstić information content (AvgIpc) is 2.93. The molecule has 1 heterocycles. The largest absolute Gasteiger partial charge is 0.341 e. The van der Waals surface area contributed by atoms with E-state index in [-0.39, 0.29) is 12.5 Å². The van der Waals surface area contributed by atoms with Crippen molar-refractivity contribution >= 4 is 17.8 Å². The summed E-state index contributed by atoms with van der Waals surface area (Å²) in [4.78, 5) is 41.2. The molecule has 7 heteroatoms. The first-order valence-electron chi connectivity index (χ1n) is 10.1. The molecule has 0 aliphatic carbocycles. The number of rotatable bonds is 10. The van der Waals surface area contributed by atoms with Gasteiger partial charge in [-0.05, 0) is 37.0 Å². The molecular weight excluding hydrogens is 361 g/mol. The van der Waals surface area contributed by atoms with E-state index < -0.39 is 23.3 Å². The molecule has 0 spiro atoms. The second kappa shape index (κ2) is 9.66. The van der Waals surface area contributed by atoms with Gasteiger partial charge in [-0.3, -0.25) is 14.5 Å². The molecule has 1 atom stereocenters. The number of halogens is 1. The average molecular weight is 391 g/mol. The molecule has 1 aliphatic heterocycles. The molecule has 1 aromatic carbocycles. The molecule has 28 heavy (non-hydrogen) atoms. The fourth-order valence-corrected chi connectivity index (χ4v) is 3.44. The van der Waals surface area contributed by atoms with Crippen molar-refractivity contribution in [2.45, 2.75) is 58.4 Å². The van der Waals surface area contributed by atoms with Gasteiger partial charge in [0.05, 0.1) is 0 Å². The van der Waals surface area contributed by atoms with Gasteiger partial charge in [0.1, 0.15) is 17.9 Å². The second-order valence-corrected chi connectivity index (χ2v) is 7.18. The van der Waals surface area contributed by atoms with Crippen LogP contribution in [0.2, 0.25) is 0 Å². The Labute approximate surface area is 166 Å². The van der Waals surface area contributed by atoms with Crippen LogP contribution in [-0.2, 0) is 15.1 Å². The van der Waals surface area contributed by atoms with Crippen LogP contribution in [0.1, 0.15) is 58.4 Å². The fraction of sp³-hybridized carbons (Fsp3) is 0.571. The Morgan fingerprint density at radius 3 is 2.14 bits per heavy atom. The lowest BCUT2D eigenvalue weighted by Crippen LogP contribution is -2.46. The number of nitrogens with one attached hydrogen (secondary N) is 1. The van der Waals surface area contributed by atoms with Gasteiger partial charge in [0.15, 0.2) is 0 Å². The predicted molar refractivity (Wildman–Crippen MR) is 105 cm³/mol. The predicted octanol–water partition coefficient (Wildman–Crippen LogP) is 3.41. The van der Waals surface area contributed by atoms with Gasteiger partial charge in [0.2, 0.25) is 5.91 Å². The number of carbonyl (C=O) groups excluding carboxylic acids is 3. The number of amides is 4. The number of unbranched alkanes of at least 4 members (excludes halogenated alkanes) is 2. The van der Waals surface area contributed by atoms with Gasteiger partial charge in [-0.25, -0.2) is 9.18 Å². The number of carbonyl (C=O) groups is 3. The molecule has 1 saturated heterocycles. The van der Waals surface area contributed by atoms with E-state index >= 15 is 0 Å². The monoisotopic (exact) mass is 391 g/mol. The summed E-state index contributed by atoms with van der Waals surface area (Å²) in [5.74, 6) is -1.11. The second-order valence-electron chi connectivity index (χ2n) is 7.18. The summed E-state index contributed by atoms with van der Waals surface area (Å²) in [6, 6.07) is 4.93. The Morgan fingerprint density at radius 1 is 1.07 bits per heavy atom. The lowest BCUT2D eigenvalue weighted by molar-refractivity contribution is -0.139. The van der Waals surface area contributed by atoms with Crippen molar-refractivity contribution in [1.29, 1.82) is 0 Å². The first-order valence-corrected chi connectivity index (χ1v) is 10.1. The highest BCUT2D eigenvalue weighted by Crippen LogP contribution is 2.32. The van der Waals surface area contributed by atoms with Gasteiger partial charge >= 0.3 is 6.03 Å². The van der Waals surface area contributed by atoms with Gasteiger partial charge in [-0.1, -0.05) is 45.7 Å². The highest BCUT2D eigenvalue weighted by Gasteiger charge is 2.51. The SMILES string of the molecule is CCCCN(CCCC)C(=O)CN1C(=O)N[C@@](CC)(c2ccc(F)cc2)C1=O. The molecule has 1 aromatic rings. The minimum absolute atomic E-state index is 0.226. The van der Waals surface area contributed by atoms with Gasteiger partial charge in [0, 0.05) is 13.1 Å². The summed E-state index contributed by atoms with van der Waals surface area (Å²) in [5, 5.41) is 2.73. The van der Waals surface area contributed by atoms with Crippen LogP contribution in [0.25, 0.3) is 0 Å². The zero-order valence-electron chi connectivity index (χ0n) is 17.0. The summed E-state index contributed by atoms with van der Waals surface area (Å²) < 4.78 is 13.3. The third-order valence-electron chi connectivity index (χ3n) is 5.25. The molecule has 4 amide bonds. The van der Waals surface area contributed by atoms with Gasteiger partial charge < -0.3 is 10.2 Å². The van der Waals surface area contributed by atoms with Crippen molar-refractivity contribution in [2.75, 3.05) is 19.6 Å². The van der Waals surface area contributed by atoms with Crippen molar-refractivity contribution in [3.05, 3.63) is 35.6 Å². The molecule has 1 aliphatic rings. The van der Waals surface area contributed by atoms with E-state index in [1.165, 1.54) is 24.3 Å². The maximum absolute atomic E-state index is 13.3. The van der Waals surface area contributed by atoms with E-state index in [1.54, 1.807) is 11.8 Å². The van der Waals surface area contributed by atoms with E-state index in [4.69, 9.17) is 0 Å². The molecule has 1 N–H and O–H groups in total. The number of benzene rings is 1. The molecule has 2 rings (SSSR count). The van der Waals surface area contributed by atoms with Crippen molar-refractivity contribution < 1.29 is 18.8 Å². The Morgan fingerprint density at radius 2 is 1.64 bits per heavy atom. The van der Waals surface area contributed by atoms with Crippen LogP contribution < -0.4 is 5.32 Å². The Balaban J connectivity index is 2.19. The first kappa shape index (κ1) is 21.9. The Bertz CT molecular complexity index is 699. The van der Waals surface area contributed by atoms with E-state index in [0.717, 1.165) is 30.6 Å². The lowest BCUT2D eigenvalue weighted by Gasteiger charge is -2.27. The Kier molecular flexibility index (Phi) is 7.54. The van der Waals surface area contributed by atoms with Crippen LogP contribution in [0.15, 0.2) is 24.3 Å². The standard InChI is InChI=1S/C21H30FN3O3/c1-4-7-13-24(14-8-5-2)18(26)15-25-19(27)21(6-3,23-20(25)28)16-9-11-17(22)12-10-16/h9-12H,4-8,13-15H2,1-3H3,(H,23,28)/t21-/m0/s1. The summed E-state index contributed by atoms with van der Waals surface area (Å²) in [6.45, 7) is 6.85. The molecule has 0 saturated carbocycles. The molecule has 154 valence electrons. The summed E-state index contributed by atoms with van der Waals surface area (Å²) >= 11 is 0. The van der Waals surface area contributed by atoms with Crippen LogP contribution in [0.5, 0.6) is 0 Å². The quantitative estimate of drug-likeness (QED) is 0.622. The minimum Gasteiger partial charge on any atom is -0.341 e. The summed E-state index contributed by atoms with van der Waals surface area (Å²) in [6.07, 6.45) is 3.99. The van der Waals surface area contributed by atoms with Crippen LogP contribution >= 0.6 is 0 Å². The molecular formula is C21H30FN3O3. The van der Waals surface area contributed by atoms with E-state index in [9.17, 15) is 18.8 Å². The molecule has 6 nitrogen and oxygen atoms in total. The lowest BCUT2D eigenvalue weighted by atomic mass is 9.87. The van der Waals surface area contributed by atoms with E-state index in [0.29, 0.717) is 25.1 Å². The summed E-state index contributed by atoms with van der Waals surface area (Å²) in [7, 11) is 0. The zero-order valence-corrected chi connectivity index (χ0v) is 17.0. The number of hydrogen-bond donors (Lipinski definition) is 1. The van der Waals surface area contributed by atoms with Crippen LogP contribution in [0.4, 0.5) is 9.18 Å². The third-order valence-corrected chi connectivity index (χ3v) is 5.25. The third kappa shape index (κ3) is 4.51. The number of urea groups is 1. The highest BCUT2D eigenvalue weighted by atomic mass is 19.1. The summed E-state index contributed by atoms with van der Waals surface area (Å²) in [5.41, 5.74) is -0.749. The van der Waals surface area contributed by atoms with Gasteiger partial charge in [-0.15, -0.1) is 0 Å². The fourth-order valence-electron chi connectivity index (χ4n) is 3.44. The number of imide groups is 1. The molecule has 0 unspecified atom stereocenters. The molecule has 1 fully saturated rings. The Hall–Kier alpha value is -2.44. The smallest absolute Gasteiger partial charge is 0.325 e. The van der Waals surface area contributed by atoms with Crippen molar-refractivity contribution in [3.8, 4) is 0 Å². The van der Waals surface area contributed by atoms with Gasteiger partial charge in [0.25, 0.3) is 5.91 Å². The van der Waals surface area contributed by atoms with Crippen molar-refractivity contribution in [1.82, 2.24) is 15.1 Å². The van der Waals surface area contributed by atoms with E-state index in [1.807, 2.05) is 0 Å². The minimum atomic E-state index is -1.26. The van der Waals surface area contributed by atoms with Crippen LogP contribution in [0.3, 0.4) is 0 Å².